The van der Waals surface area contributed by atoms with E-state index < -0.39 is 0 Å². The van der Waals surface area contributed by atoms with Crippen molar-refractivity contribution in [2.24, 2.45) is 0 Å². The Morgan fingerprint density at radius 1 is 1.30 bits per heavy atom. The molecular weight excluding hydrogens is 288 g/mol. The molecule has 0 amide bonds. The number of thiophene rings is 2. The molecule has 0 unspecified atom stereocenters. The molecule has 20 heavy (non-hydrogen) atoms. The fourth-order valence-corrected chi connectivity index (χ4v) is 4.03. The summed E-state index contributed by atoms with van der Waals surface area (Å²) in [4.78, 5) is 5.53. The second kappa shape index (κ2) is 5.31. The summed E-state index contributed by atoms with van der Waals surface area (Å²) < 4.78 is 8.48. The summed E-state index contributed by atoms with van der Waals surface area (Å²) in [6, 6.07) is 4.33. The van der Waals surface area contributed by atoms with Crippen molar-refractivity contribution in [3.63, 3.8) is 0 Å². The van der Waals surface area contributed by atoms with Gasteiger partial charge in [-0.05, 0) is 38.3 Å². The van der Waals surface area contributed by atoms with E-state index in [0.717, 1.165) is 29.5 Å². The highest BCUT2D eigenvalue weighted by Crippen LogP contribution is 2.36. The van der Waals surface area contributed by atoms with E-state index in [2.05, 4.69) is 48.6 Å². The van der Waals surface area contributed by atoms with Gasteiger partial charge in [-0.1, -0.05) is 0 Å². The van der Waals surface area contributed by atoms with Crippen LogP contribution < -0.4 is 5.32 Å². The summed E-state index contributed by atoms with van der Waals surface area (Å²) in [5, 5.41) is 5.56. The maximum Gasteiger partial charge on any atom is 0.196 e. The molecule has 0 spiro atoms. The first-order valence-electron chi connectivity index (χ1n) is 6.68. The van der Waals surface area contributed by atoms with Crippen LogP contribution in [-0.2, 0) is 6.42 Å². The van der Waals surface area contributed by atoms with Crippen molar-refractivity contribution in [3.05, 3.63) is 29.6 Å². The van der Waals surface area contributed by atoms with Gasteiger partial charge in [0, 0.05) is 27.9 Å². The van der Waals surface area contributed by atoms with E-state index in [0.29, 0.717) is 0 Å². The van der Waals surface area contributed by atoms with Crippen LogP contribution in [0.2, 0.25) is 0 Å². The first kappa shape index (κ1) is 13.8. The molecule has 0 aliphatic rings. The molecule has 0 aliphatic heterocycles. The minimum Gasteiger partial charge on any atom is -0.440 e. The van der Waals surface area contributed by atoms with Gasteiger partial charge in [-0.15, -0.1) is 22.7 Å². The highest BCUT2D eigenvalue weighted by Gasteiger charge is 2.12. The normalized spacial score (nSPS) is 12.3. The van der Waals surface area contributed by atoms with E-state index in [1.807, 2.05) is 6.20 Å². The van der Waals surface area contributed by atoms with Gasteiger partial charge < -0.3 is 9.73 Å². The Morgan fingerprint density at radius 2 is 2.15 bits per heavy atom. The minimum absolute atomic E-state index is 0.132. The summed E-state index contributed by atoms with van der Waals surface area (Å²) >= 11 is 3.52. The van der Waals surface area contributed by atoms with Crippen molar-refractivity contribution >= 4 is 32.1 Å². The Labute approximate surface area is 126 Å². The molecule has 3 rings (SSSR count). The fraction of sp³-hybridized carbons (Fsp3) is 0.400. The zero-order valence-electron chi connectivity index (χ0n) is 11.9. The topological polar surface area (TPSA) is 38.1 Å². The average molecular weight is 306 g/mol. The maximum absolute atomic E-state index is 5.85. The smallest absolute Gasteiger partial charge is 0.196 e. The lowest BCUT2D eigenvalue weighted by atomic mass is 10.1. The van der Waals surface area contributed by atoms with Gasteiger partial charge in [0.2, 0.25) is 0 Å². The van der Waals surface area contributed by atoms with Crippen molar-refractivity contribution in [2.75, 3.05) is 6.54 Å². The van der Waals surface area contributed by atoms with Gasteiger partial charge in [0.25, 0.3) is 0 Å². The maximum atomic E-state index is 5.85. The minimum atomic E-state index is 0.132. The van der Waals surface area contributed by atoms with Crippen molar-refractivity contribution in [1.82, 2.24) is 10.3 Å². The summed E-state index contributed by atoms with van der Waals surface area (Å²) in [7, 11) is 0. The largest absolute Gasteiger partial charge is 0.440 e. The molecule has 0 bridgehead atoms. The van der Waals surface area contributed by atoms with Crippen molar-refractivity contribution < 1.29 is 4.42 Å². The van der Waals surface area contributed by atoms with Crippen LogP contribution in [0.3, 0.4) is 0 Å². The number of hydrogen-bond acceptors (Lipinski definition) is 5. The van der Waals surface area contributed by atoms with Gasteiger partial charge in [0.05, 0.1) is 11.1 Å². The van der Waals surface area contributed by atoms with Gasteiger partial charge in [-0.3, -0.25) is 0 Å². The molecule has 3 aromatic heterocycles. The van der Waals surface area contributed by atoms with Crippen molar-refractivity contribution in [2.45, 2.75) is 32.7 Å². The molecule has 0 aromatic carbocycles. The molecule has 3 nitrogen and oxygen atoms in total. The van der Waals surface area contributed by atoms with Gasteiger partial charge in [-0.25, -0.2) is 4.98 Å². The van der Waals surface area contributed by atoms with E-state index in [4.69, 9.17) is 4.42 Å². The first-order chi connectivity index (χ1) is 9.51. The highest BCUT2D eigenvalue weighted by atomic mass is 32.1. The number of hydrogen-bond donors (Lipinski definition) is 1. The summed E-state index contributed by atoms with van der Waals surface area (Å²) in [6.45, 7) is 7.36. The Morgan fingerprint density at radius 3 is 2.90 bits per heavy atom. The highest BCUT2D eigenvalue weighted by molar-refractivity contribution is 7.28. The number of rotatable bonds is 4. The van der Waals surface area contributed by atoms with Crippen LogP contribution in [0.15, 0.2) is 28.1 Å². The lowest BCUT2D eigenvalue weighted by Gasteiger charge is -2.19. The molecule has 3 heterocycles. The zero-order valence-corrected chi connectivity index (χ0v) is 13.5. The molecule has 0 radical (unpaired) electrons. The predicted octanol–water partition coefficient (Wildman–Crippen LogP) is 4.55. The number of nitrogens with zero attached hydrogens (tertiary/aromatic N) is 1. The van der Waals surface area contributed by atoms with Crippen molar-refractivity contribution in [3.8, 4) is 10.6 Å². The molecule has 5 heteroatoms. The Balaban J connectivity index is 1.69. The average Bonchev–Trinajstić information content (AvgIpc) is 2.99. The molecule has 106 valence electrons. The zero-order chi connectivity index (χ0) is 14.2. The van der Waals surface area contributed by atoms with E-state index in [-0.39, 0.29) is 5.54 Å². The van der Waals surface area contributed by atoms with Crippen LogP contribution in [0.5, 0.6) is 0 Å². The molecule has 0 aliphatic carbocycles. The number of oxazole rings is 1. The van der Waals surface area contributed by atoms with Crippen molar-refractivity contribution in [1.29, 1.82) is 0 Å². The summed E-state index contributed by atoms with van der Waals surface area (Å²) in [5.41, 5.74) is 0.132. The lowest BCUT2D eigenvalue weighted by molar-refractivity contribution is 0.412. The molecule has 1 N–H and O–H groups in total. The third kappa shape index (κ3) is 3.11. The Kier molecular flexibility index (Phi) is 3.67. The van der Waals surface area contributed by atoms with Crippen LogP contribution in [0.25, 0.3) is 20.0 Å². The molecule has 0 fully saturated rings. The van der Waals surface area contributed by atoms with E-state index in [9.17, 15) is 0 Å². The van der Waals surface area contributed by atoms with Crippen LogP contribution in [0.4, 0.5) is 0 Å². The van der Waals surface area contributed by atoms with E-state index >= 15 is 0 Å². The molecule has 3 aromatic rings. The number of fused-ring (bicyclic) bond motifs is 1. The second-order valence-electron chi connectivity index (χ2n) is 5.80. The van der Waals surface area contributed by atoms with Crippen LogP contribution in [0.1, 0.15) is 26.7 Å². The molecule has 0 saturated carbocycles. The number of aromatic nitrogens is 1. The quantitative estimate of drug-likeness (QED) is 0.768. The molecule has 0 atom stereocenters. The molecule has 0 saturated heterocycles. The number of nitrogens with one attached hydrogen (secondary N) is 1. The van der Waals surface area contributed by atoms with E-state index in [1.54, 1.807) is 22.7 Å². The first-order valence-corrected chi connectivity index (χ1v) is 8.38. The predicted molar refractivity (Wildman–Crippen MR) is 86.7 cm³/mol. The van der Waals surface area contributed by atoms with Gasteiger partial charge in [0.1, 0.15) is 0 Å². The standard InChI is InChI=1S/C15H18N2OS2/c1-15(2,3)17-6-4-14-16-9-10(18-14)12-8-13-11(20-12)5-7-19-13/h5,7-9,17H,4,6H2,1-3H3. The Bertz CT molecular complexity index is 674. The Hall–Kier alpha value is -1.17. The lowest BCUT2D eigenvalue weighted by Crippen LogP contribution is -2.37. The fourth-order valence-electron chi connectivity index (χ4n) is 1.97. The summed E-state index contributed by atoms with van der Waals surface area (Å²) in [6.07, 6.45) is 2.65. The SMILES string of the molecule is CC(C)(C)NCCc1ncc(-c2cc3sccc3s2)o1. The second-order valence-corrected chi connectivity index (χ2v) is 7.84. The molecular formula is C15H18N2OS2. The summed E-state index contributed by atoms with van der Waals surface area (Å²) in [5.74, 6) is 1.68. The van der Waals surface area contributed by atoms with E-state index in [1.165, 1.54) is 9.40 Å². The van der Waals surface area contributed by atoms with Gasteiger partial charge in [-0.2, -0.15) is 0 Å². The van der Waals surface area contributed by atoms with Gasteiger partial charge >= 0.3 is 0 Å². The monoisotopic (exact) mass is 306 g/mol. The van der Waals surface area contributed by atoms with Crippen LogP contribution >= 0.6 is 22.7 Å². The third-order valence-electron chi connectivity index (χ3n) is 2.93. The van der Waals surface area contributed by atoms with Gasteiger partial charge in [0.15, 0.2) is 11.7 Å². The van der Waals surface area contributed by atoms with Crippen LogP contribution in [0, 0.1) is 0 Å². The third-order valence-corrected chi connectivity index (χ3v) is 5.04. The van der Waals surface area contributed by atoms with Crippen LogP contribution in [-0.4, -0.2) is 17.1 Å².